The largest absolute Gasteiger partial charge is 0.497 e. The summed E-state index contributed by atoms with van der Waals surface area (Å²) in [7, 11) is -2.02. The molecule has 6 nitrogen and oxygen atoms in total. The van der Waals surface area contributed by atoms with Crippen LogP contribution in [0, 0.1) is 0 Å². The molecular formula is C13H16N2O4S. The molecule has 0 amide bonds. The van der Waals surface area contributed by atoms with Crippen LogP contribution in [0.25, 0.3) is 0 Å². The molecule has 0 radical (unpaired) electrons. The molecule has 0 unspecified atom stereocenters. The minimum absolute atomic E-state index is 0.107. The first-order valence-corrected chi connectivity index (χ1v) is 7.44. The Kier molecular flexibility index (Phi) is 4.43. The lowest BCUT2D eigenvalue weighted by molar-refractivity contribution is 0.277. The van der Waals surface area contributed by atoms with Crippen molar-refractivity contribution in [2.75, 3.05) is 7.11 Å². The van der Waals surface area contributed by atoms with Crippen LogP contribution < -0.4 is 9.46 Å². The molecule has 0 aliphatic heterocycles. The summed E-state index contributed by atoms with van der Waals surface area (Å²) in [5.74, 6) is 0.717. The Balaban J connectivity index is 2.04. The number of aliphatic hydroxyl groups excluding tert-OH is 1. The molecule has 1 aromatic carbocycles. The Labute approximate surface area is 117 Å². The summed E-state index contributed by atoms with van der Waals surface area (Å²) in [6, 6.07) is 8.51. The maximum Gasteiger partial charge on any atom is 0.242 e. The van der Waals surface area contributed by atoms with Crippen LogP contribution in [-0.2, 0) is 23.2 Å². The van der Waals surface area contributed by atoms with Crippen LogP contribution in [0.5, 0.6) is 5.75 Å². The molecule has 108 valence electrons. The number of hydrogen-bond acceptors (Lipinski definition) is 4. The minimum atomic E-state index is -3.59. The molecule has 0 saturated heterocycles. The lowest BCUT2D eigenvalue weighted by Gasteiger charge is -2.06. The molecule has 0 aliphatic rings. The van der Waals surface area contributed by atoms with Crippen LogP contribution >= 0.6 is 0 Å². The van der Waals surface area contributed by atoms with Gasteiger partial charge in [-0.05, 0) is 23.8 Å². The maximum absolute atomic E-state index is 12.0. The zero-order valence-corrected chi connectivity index (χ0v) is 11.8. The van der Waals surface area contributed by atoms with E-state index in [2.05, 4.69) is 9.71 Å². The third-order valence-electron chi connectivity index (χ3n) is 2.82. The Morgan fingerprint density at radius 3 is 2.55 bits per heavy atom. The van der Waals surface area contributed by atoms with Gasteiger partial charge < -0.3 is 14.8 Å². The van der Waals surface area contributed by atoms with E-state index < -0.39 is 10.0 Å². The van der Waals surface area contributed by atoms with Crippen molar-refractivity contribution in [2.24, 2.45) is 0 Å². The van der Waals surface area contributed by atoms with Crippen molar-refractivity contribution in [2.45, 2.75) is 18.0 Å². The fourth-order valence-electron chi connectivity index (χ4n) is 1.67. The summed E-state index contributed by atoms with van der Waals surface area (Å²) in [6.07, 6.45) is 1.35. The van der Waals surface area contributed by atoms with Gasteiger partial charge in [-0.1, -0.05) is 12.1 Å². The van der Waals surface area contributed by atoms with Gasteiger partial charge in [-0.2, -0.15) is 0 Å². The number of ether oxygens (including phenoxy) is 1. The van der Waals surface area contributed by atoms with E-state index in [1.165, 1.54) is 12.3 Å². The van der Waals surface area contributed by atoms with E-state index in [0.29, 0.717) is 5.69 Å². The van der Waals surface area contributed by atoms with Crippen molar-refractivity contribution in [1.82, 2.24) is 9.71 Å². The molecule has 20 heavy (non-hydrogen) atoms. The fourth-order valence-corrected chi connectivity index (χ4v) is 2.71. The van der Waals surface area contributed by atoms with Crippen LogP contribution in [0.2, 0.25) is 0 Å². The quantitative estimate of drug-likeness (QED) is 0.741. The molecule has 0 fully saturated rings. The number of sulfonamides is 1. The molecule has 2 rings (SSSR count). The molecular weight excluding hydrogens is 280 g/mol. The number of hydrogen-bond donors (Lipinski definition) is 3. The van der Waals surface area contributed by atoms with Crippen molar-refractivity contribution in [3.05, 3.63) is 47.8 Å². The van der Waals surface area contributed by atoms with Gasteiger partial charge in [0.2, 0.25) is 10.0 Å². The first kappa shape index (κ1) is 14.6. The summed E-state index contributed by atoms with van der Waals surface area (Å²) in [6.45, 7) is -0.0417. The number of nitrogens with one attached hydrogen (secondary N) is 2. The molecule has 1 aromatic heterocycles. The molecule has 0 bridgehead atoms. The van der Waals surface area contributed by atoms with Crippen molar-refractivity contribution in [3.8, 4) is 5.75 Å². The Bertz CT molecular complexity index is 662. The van der Waals surface area contributed by atoms with Crippen LogP contribution in [-0.4, -0.2) is 25.6 Å². The predicted octanol–water partition coefficient (Wildman–Crippen LogP) is 0.994. The second-order valence-electron chi connectivity index (χ2n) is 4.19. The van der Waals surface area contributed by atoms with E-state index >= 15 is 0 Å². The molecule has 0 saturated carbocycles. The summed E-state index contributed by atoms with van der Waals surface area (Å²) in [4.78, 5) is 2.80. The van der Waals surface area contributed by atoms with Crippen molar-refractivity contribution in [3.63, 3.8) is 0 Å². The second-order valence-corrected chi connectivity index (χ2v) is 5.96. The fraction of sp³-hybridized carbons (Fsp3) is 0.231. The highest BCUT2D eigenvalue weighted by molar-refractivity contribution is 7.89. The maximum atomic E-state index is 12.0. The van der Waals surface area contributed by atoms with Gasteiger partial charge >= 0.3 is 0 Å². The van der Waals surface area contributed by atoms with E-state index in [4.69, 9.17) is 9.84 Å². The van der Waals surface area contributed by atoms with Gasteiger partial charge in [-0.25, -0.2) is 13.1 Å². The highest BCUT2D eigenvalue weighted by atomic mass is 32.2. The lowest BCUT2D eigenvalue weighted by atomic mass is 10.2. The molecule has 0 spiro atoms. The molecule has 2 aromatic rings. The van der Waals surface area contributed by atoms with Gasteiger partial charge in [-0.3, -0.25) is 0 Å². The van der Waals surface area contributed by atoms with Gasteiger partial charge in [0.1, 0.15) is 5.75 Å². The number of rotatable bonds is 6. The Morgan fingerprint density at radius 1 is 1.30 bits per heavy atom. The summed E-state index contributed by atoms with van der Waals surface area (Å²) in [5, 5.41) is 8.92. The summed E-state index contributed by atoms with van der Waals surface area (Å²) >= 11 is 0. The number of methoxy groups -OCH3 is 1. The summed E-state index contributed by atoms with van der Waals surface area (Å²) in [5.41, 5.74) is 1.28. The highest BCUT2D eigenvalue weighted by Gasteiger charge is 2.15. The smallest absolute Gasteiger partial charge is 0.242 e. The van der Waals surface area contributed by atoms with Crippen LogP contribution in [0.4, 0.5) is 0 Å². The second kappa shape index (κ2) is 6.08. The molecule has 3 N–H and O–H groups in total. The van der Waals surface area contributed by atoms with Crippen LogP contribution in [0.1, 0.15) is 11.3 Å². The number of H-pyrrole nitrogens is 1. The van der Waals surface area contributed by atoms with Gasteiger partial charge in [-0.15, -0.1) is 0 Å². The first-order valence-electron chi connectivity index (χ1n) is 5.96. The predicted molar refractivity (Wildman–Crippen MR) is 73.7 cm³/mol. The van der Waals surface area contributed by atoms with Crippen molar-refractivity contribution < 1.29 is 18.3 Å². The molecule has 0 atom stereocenters. The number of aromatic amines is 1. The first-order chi connectivity index (χ1) is 9.55. The van der Waals surface area contributed by atoms with Gasteiger partial charge in [0.15, 0.2) is 0 Å². The Hall–Kier alpha value is -1.83. The van der Waals surface area contributed by atoms with Crippen LogP contribution in [0.3, 0.4) is 0 Å². The zero-order valence-electron chi connectivity index (χ0n) is 11.0. The average molecular weight is 296 g/mol. The highest BCUT2D eigenvalue weighted by Crippen LogP contribution is 2.13. The third-order valence-corrected chi connectivity index (χ3v) is 4.20. The summed E-state index contributed by atoms with van der Waals surface area (Å²) < 4.78 is 31.6. The molecule has 1 heterocycles. The van der Waals surface area contributed by atoms with E-state index in [0.717, 1.165) is 11.3 Å². The van der Waals surface area contributed by atoms with E-state index in [1.54, 1.807) is 31.4 Å². The standard InChI is InChI=1S/C13H16N2O4S/c1-19-12-4-2-10(3-5-12)7-15-20(17,18)13-6-11(9-16)14-8-13/h2-6,8,14-16H,7,9H2,1H3. The normalized spacial score (nSPS) is 11.5. The average Bonchev–Trinajstić information content (AvgIpc) is 2.95. The zero-order chi connectivity index (χ0) is 14.6. The topological polar surface area (TPSA) is 91.4 Å². The van der Waals surface area contributed by atoms with Crippen molar-refractivity contribution >= 4 is 10.0 Å². The van der Waals surface area contributed by atoms with Crippen molar-refractivity contribution in [1.29, 1.82) is 0 Å². The number of benzene rings is 1. The number of aliphatic hydroxyl groups is 1. The van der Waals surface area contributed by atoms with Gasteiger partial charge in [0.05, 0.1) is 18.6 Å². The van der Waals surface area contributed by atoms with Gasteiger partial charge in [0.25, 0.3) is 0 Å². The third kappa shape index (κ3) is 3.38. The minimum Gasteiger partial charge on any atom is -0.497 e. The SMILES string of the molecule is COc1ccc(CNS(=O)(=O)c2c[nH]c(CO)c2)cc1. The van der Waals surface area contributed by atoms with Crippen LogP contribution in [0.15, 0.2) is 41.4 Å². The number of aromatic nitrogens is 1. The molecule has 0 aliphatic carbocycles. The van der Waals surface area contributed by atoms with E-state index in [1.807, 2.05) is 0 Å². The Morgan fingerprint density at radius 2 is 2.00 bits per heavy atom. The monoisotopic (exact) mass is 296 g/mol. The van der Waals surface area contributed by atoms with Gasteiger partial charge in [0, 0.05) is 18.4 Å². The molecule has 7 heteroatoms. The van der Waals surface area contributed by atoms with E-state index in [9.17, 15) is 8.42 Å². The van der Waals surface area contributed by atoms with E-state index in [-0.39, 0.29) is 18.0 Å². The lowest BCUT2D eigenvalue weighted by Crippen LogP contribution is -2.22.